The van der Waals surface area contributed by atoms with Crippen LogP contribution in [0.2, 0.25) is 0 Å². The maximum absolute atomic E-state index is 12.9. The summed E-state index contributed by atoms with van der Waals surface area (Å²) in [5.74, 6) is -0.789. The van der Waals surface area contributed by atoms with Crippen LogP contribution in [0.15, 0.2) is 66.8 Å². The van der Waals surface area contributed by atoms with Gasteiger partial charge in [-0.15, -0.1) is 0 Å². The summed E-state index contributed by atoms with van der Waals surface area (Å²) in [7, 11) is 1.51. The summed E-state index contributed by atoms with van der Waals surface area (Å²) < 4.78 is 6.81. The number of carbonyl (C=O) groups excluding carboxylic acids is 1. The number of methoxy groups -OCH3 is 1. The van der Waals surface area contributed by atoms with Crippen molar-refractivity contribution in [1.29, 1.82) is 0 Å². The van der Waals surface area contributed by atoms with Gasteiger partial charge in [0.05, 0.1) is 19.0 Å². The van der Waals surface area contributed by atoms with E-state index in [1.54, 1.807) is 47.4 Å². The number of aliphatic carboxylic acids is 1. The van der Waals surface area contributed by atoms with Crippen LogP contribution in [0.4, 0.5) is 11.5 Å². The summed E-state index contributed by atoms with van der Waals surface area (Å²) in [6.45, 7) is 0. The smallest absolute Gasteiger partial charge is 0.352 e. The fourth-order valence-electron chi connectivity index (χ4n) is 3.11. The van der Waals surface area contributed by atoms with Gasteiger partial charge in [-0.2, -0.15) is 5.10 Å². The van der Waals surface area contributed by atoms with Crippen LogP contribution in [0, 0.1) is 0 Å². The topological polar surface area (TPSA) is 118 Å². The van der Waals surface area contributed by atoms with Gasteiger partial charge in [-0.3, -0.25) is 9.78 Å². The van der Waals surface area contributed by atoms with Gasteiger partial charge in [0, 0.05) is 12.4 Å². The highest BCUT2D eigenvalue weighted by Crippen LogP contribution is 2.32. The van der Waals surface area contributed by atoms with Gasteiger partial charge >= 0.3 is 5.97 Å². The largest absolute Gasteiger partial charge is 0.495 e. The minimum atomic E-state index is -1.14. The van der Waals surface area contributed by atoms with E-state index in [0.717, 1.165) is 5.56 Å². The highest BCUT2D eigenvalue weighted by molar-refractivity contribution is 6.09. The van der Waals surface area contributed by atoms with E-state index in [0.29, 0.717) is 11.4 Å². The third kappa shape index (κ3) is 3.41. The fourth-order valence-corrected chi connectivity index (χ4v) is 3.11. The number of amides is 1. The van der Waals surface area contributed by atoms with Crippen molar-refractivity contribution >= 4 is 23.4 Å². The Bertz CT molecular complexity index is 1110. The van der Waals surface area contributed by atoms with Crippen molar-refractivity contribution in [3.05, 3.63) is 77.9 Å². The monoisotopic (exact) mass is 391 g/mol. The molecule has 3 N–H and O–H groups in total. The minimum absolute atomic E-state index is 0.0433. The van der Waals surface area contributed by atoms with Crippen LogP contribution < -0.4 is 15.4 Å². The molecule has 1 aliphatic rings. The van der Waals surface area contributed by atoms with E-state index in [9.17, 15) is 14.7 Å². The molecule has 3 heterocycles. The molecule has 0 spiro atoms. The summed E-state index contributed by atoms with van der Waals surface area (Å²) >= 11 is 0. The standard InChI is InChI=1S/C20H17N5O4/c1-29-17-7-3-2-6-14(17)24-19(26)13-11-22-25-16(12-5-4-8-21-10-12)9-15(20(27)28)23-18(13)25/h2-11,16,23H,1H3,(H,24,26)(H,27,28)/t16-/m1/s1. The number of rotatable bonds is 5. The number of carboxylic acids is 1. The van der Waals surface area contributed by atoms with Crippen molar-refractivity contribution in [1.82, 2.24) is 14.8 Å². The summed E-state index contributed by atoms with van der Waals surface area (Å²) in [6, 6.07) is 10.1. The quantitative estimate of drug-likeness (QED) is 0.611. The Morgan fingerprint density at radius 2 is 2.03 bits per heavy atom. The molecule has 1 atom stereocenters. The van der Waals surface area contributed by atoms with Gasteiger partial charge in [0.25, 0.3) is 5.91 Å². The zero-order chi connectivity index (χ0) is 20.4. The van der Waals surface area contributed by atoms with Gasteiger partial charge in [0.15, 0.2) is 0 Å². The van der Waals surface area contributed by atoms with Crippen molar-refractivity contribution in [3.8, 4) is 5.75 Å². The van der Waals surface area contributed by atoms with Crippen molar-refractivity contribution in [2.75, 3.05) is 17.7 Å². The average Bonchev–Trinajstić information content (AvgIpc) is 3.18. The first-order valence-electron chi connectivity index (χ1n) is 8.72. The minimum Gasteiger partial charge on any atom is -0.495 e. The number of nitrogens with one attached hydrogen (secondary N) is 2. The molecule has 0 unspecified atom stereocenters. The van der Waals surface area contributed by atoms with Crippen molar-refractivity contribution in [2.24, 2.45) is 0 Å². The molecule has 146 valence electrons. The highest BCUT2D eigenvalue weighted by atomic mass is 16.5. The van der Waals surface area contributed by atoms with Crippen LogP contribution in [0.3, 0.4) is 0 Å². The molecule has 9 heteroatoms. The van der Waals surface area contributed by atoms with E-state index in [1.807, 2.05) is 6.07 Å². The average molecular weight is 391 g/mol. The molecular formula is C20H17N5O4. The van der Waals surface area contributed by atoms with Crippen molar-refractivity contribution in [3.63, 3.8) is 0 Å². The first kappa shape index (κ1) is 18.2. The van der Waals surface area contributed by atoms with Gasteiger partial charge < -0.3 is 20.5 Å². The van der Waals surface area contributed by atoms with Crippen molar-refractivity contribution < 1.29 is 19.4 Å². The van der Waals surface area contributed by atoms with Gasteiger partial charge in [0.1, 0.15) is 28.9 Å². The van der Waals surface area contributed by atoms with Crippen LogP contribution in [-0.4, -0.2) is 38.9 Å². The molecule has 0 radical (unpaired) electrons. The van der Waals surface area contributed by atoms with Crippen LogP contribution >= 0.6 is 0 Å². The highest BCUT2D eigenvalue weighted by Gasteiger charge is 2.29. The molecule has 1 aromatic carbocycles. The normalized spacial score (nSPS) is 14.9. The van der Waals surface area contributed by atoms with E-state index in [1.165, 1.54) is 19.4 Å². The fraction of sp³-hybridized carbons (Fsp3) is 0.100. The number of allylic oxidation sites excluding steroid dienone is 1. The lowest BCUT2D eigenvalue weighted by Gasteiger charge is -2.24. The van der Waals surface area contributed by atoms with E-state index in [4.69, 9.17) is 4.74 Å². The molecule has 0 saturated carbocycles. The number of pyridine rings is 1. The van der Waals surface area contributed by atoms with Gasteiger partial charge in [-0.05, 0) is 29.8 Å². The van der Waals surface area contributed by atoms with Gasteiger partial charge in [0.2, 0.25) is 0 Å². The molecule has 1 amide bonds. The number of benzene rings is 1. The first-order valence-corrected chi connectivity index (χ1v) is 8.72. The zero-order valence-electron chi connectivity index (χ0n) is 15.4. The lowest BCUT2D eigenvalue weighted by atomic mass is 10.1. The number of carboxylic acid groups (broad SMARTS) is 1. The van der Waals surface area contributed by atoms with E-state index >= 15 is 0 Å². The van der Waals surface area contributed by atoms with Crippen LogP contribution in [-0.2, 0) is 4.79 Å². The van der Waals surface area contributed by atoms with Gasteiger partial charge in [-0.25, -0.2) is 9.48 Å². The maximum atomic E-state index is 12.9. The molecule has 0 saturated heterocycles. The second-order valence-electron chi connectivity index (χ2n) is 6.25. The molecule has 29 heavy (non-hydrogen) atoms. The first-order chi connectivity index (χ1) is 14.1. The predicted octanol–water partition coefficient (Wildman–Crippen LogP) is 2.52. The predicted molar refractivity (Wildman–Crippen MR) is 105 cm³/mol. The number of hydrogen-bond donors (Lipinski definition) is 3. The number of ether oxygens (including phenoxy) is 1. The number of carbonyl (C=O) groups is 2. The third-order valence-electron chi connectivity index (χ3n) is 4.49. The number of anilines is 2. The Labute approximate surface area is 165 Å². The van der Waals surface area contributed by atoms with E-state index in [-0.39, 0.29) is 17.1 Å². The van der Waals surface area contributed by atoms with E-state index in [2.05, 4.69) is 20.7 Å². The van der Waals surface area contributed by atoms with E-state index < -0.39 is 17.9 Å². The lowest BCUT2D eigenvalue weighted by Crippen LogP contribution is -2.25. The second kappa shape index (κ2) is 7.47. The number of fused-ring (bicyclic) bond motifs is 1. The van der Waals surface area contributed by atoms with Crippen LogP contribution in [0.1, 0.15) is 22.0 Å². The molecule has 1 aliphatic heterocycles. The summed E-state index contributed by atoms with van der Waals surface area (Å²) in [6.07, 6.45) is 6.19. The molecular weight excluding hydrogens is 374 g/mol. The zero-order valence-corrected chi connectivity index (χ0v) is 15.4. The number of aromatic nitrogens is 3. The van der Waals surface area contributed by atoms with Gasteiger partial charge in [-0.1, -0.05) is 18.2 Å². The summed E-state index contributed by atoms with van der Waals surface area (Å²) in [4.78, 5) is 28.6. The third-order valence-corrected chi connectivity index (χ3v) is 4.49. The summed E-state index contributed by atoms with van der Waals surface area (Å²) in [5.41, 5.74) is 1.40. The van der Waals surface area contributed by atoms with Crippen molar-refractivity contribution in [2.45, 2.75) is 6.04 Å². The Kier molecular flexibility index (Phi) is 4.70. The molecule has 4 rings (SSSR count). The SMILES string of the molecule is COc1ccccc1NC(=O)c1cnn2c1NC(C(=O)O)=C[C@@H]2c1cccnc1. The molecule has 9 nitrogen and oxygen atoms in total. The Morgan fingerprint density at radius 1 is 1.21 bits per heavy atom. The maximum Gasteiger partial charge on any atom is 0.352 e. The summed E-state index contributed by atoms with van der Waals surface area (Å²) in [5, 5.41) is 19.4. The molecule has 3 aromatic rings. The van der Waals surface area contributed by atoms with Crippen LogP contribution in [0.5, 0.6) is 5.75 Å². The second-order valence-corrected chi connectivity index (χ2v) is 6.25. The Hall–Kier alpha value is -4.14. The van der Waals surface area contributed by atoms with Crippen LogP contribution in [0.25, 0.3) is 0 Å². The molecule has 0 fully saturated rings. The lowest BCUT2D eigenvalue weighted by molar-refractivity contribution is -0.132. The number of para-hydroxylation sites is 2. The Morgan fingerprint density at radius 3 is 2.76 bits per heavy atom. The Balaban J connectivity index is 1.72. The molecule has 0 aliphatic carbocycles. The molecule has 0 bridgehead atoms. The number of hydrogen-bond acceptors (Lipinski definition) is 6. The number of nitrogens with zero attached hydrogens (tertiary/aromatic N) is 3. The molecule has 2 aromatic heterocycles.